The molecule has 0 aliphatic carbocycles. The van der Waals surface area contributed by atoms with Crippen molar-refractivity contribution < 1.29 is 21.8 Å². The lowest BCUT2D eigenvalue weighted by molar-refractivity contribution is -0.330. The van der Waals surface area contributed by atoms with Gasteiger partial charge < -0.3 is 16.8 Å². The Labute approximate surface area is 146 Å². The Kier molecular flexibility index (Phi) is 4.63. The van der Waals surface area contributed by atoms with Crippen molar-refractivity contribution in [3.05, 3.63) is 77.8 Å². The summed E-state index contributed by atoms with van der Waals surface area (Å²) in [5.41, 5.74) is 3.13. The van der Waals surface area contributed by atoms with Gasteiger partial charge in [0.15, 0.2) is 5.36 Å². The second kappa shape index (κ2) is 6.85. The van der Waals surface area contributed by atoms with Gasteiger partial charge in [-0.3, -0.25) is 0 Å². The lowest BCUT2D eigenvalue weighted by atomic mass is 10.1. The Balaban J connectivity index is 0.00000169. The molecule has 4 heteroatoms. The van der Waals surface area contributed by atoms with Gasteiger partial charge in [-0.15, -0.1) is 0 Å². The molecule has 120 valence electrons. The molecule has 0 bridgehead atoms. The summed E-state index contributed by atoms with van der Waals surface area (Å²) in [5, 5.41) is 3.13. The van der Waals surface area contributed by atoms with E-state index < -0.39 is 0 Å². The van der Waals surface area contributed by atoms with Crippen molar-refractivity contribution in [2.24, 2.45) is 4.99 Å². The zero-order valence-corrected chi connectivity index (χ0v) is 14.0. The van der Waals surface area contributed by atoms with Crippen LogP contribution in [0.1, 0.15) is 12.5 Å². The highest BCUT2D eigenvalue weighted by Gasteiger charge is 2.12. The van der Waals surface area contributed by atoms with Crippen LogP contribution in [-0.2, 0) is 6.42 Å². The standard InChI is InChI=1S/C20H16N2O.ClH/c1-2-14-13-15-7-3-5-9-17(15)21-20(14)22-18-11-12-23-19-10-6-4-8-16(18)19;/h3-13H,2H2,1H3;1H. The fourth-order valence-electron chi connectivity index (χ4n) is 2.83. The summed E-state index contributed by atoms with van der Waals surface area (Å²) in [4.78, 5) is 8.34. The van der Waals surface area contributed by atoms with Crippen LogP contribution in [0.15, 0.2) is 76.3 Å². The Bertz CT molecular complexity index is 1060. The van der Waals surface area contributed by atoms with Gasteiger partial charge in [0, 0.05) is 17.0 Å². The maximum absolute atomic E-state index is 5.55. The van der Waals surface area contributed by atoms with Crippen molar-refractivity contribution in [3.8, 4) is 0 Å². The Morgan fingerprint density at radius 3 is 2.67 bits per heavy atom. The van der Waals surface area contributed by atoms with Gasteiger partial charge in [-0.2, -0.15) is 0 Å². The molecule has 0 unspecified atom stereocenters. The second-order valence-corrected chi connectivity index (χ2v) is 5.50. The normalized spacial score (nSPS) is 11.6. The lowest BCUT2D eigenvalue weighted by Gasteiger charge is -2.00. The van der Waals surface area contributed by atoms with E-state index in [-0.39, 0.29) is 12.4 Å². The average Bonchev–Trinajstić information content (AvgIpc) is 2.61. The minimum atomic E-state index is 0. The van der Waals surface area contributed by atoms with E-state index in [1.807, 2.05) is 36.4 Å². The van der Waals surface area contributed by atoms with E-state index >= 15 is 0 Å². The average molecular weight is 337 g/mol. The molecule has 3 nitrogen and oxygen atoms in total. The van der Waals surface area contributed by atoms with E-state index in [9.17, 15) is 0 Å². The molecule has 0 aliphatic rings. The van der Waals surface area contributed by atoms with E-state index in [4.69, 9.17) is 9.41 Å². The smallest absolute Gasteiger partial charge is 0.325 e. The van der Waals surface area contributed by atoms with E-state index in [1.54, 1.807) is 6.26 Å². The van der Waals surface area contributed by atoms with E-state index in [1.165, 1.54) is 10.9 Å². The number of hydrogen-bond donors (Lipinski definition) is 0. The molecule has 0 fully saturated rings. The van der Waals surface area contributed by atoms with Crippen molar-refractivity contribution in [2.75, 3.05) is 0 Å². The quantitative estimate of drug-likeness (QED) is 0.542. The van der Waals surface area contributed by atoms with Gasteiger partial charge in [-0.1, -0.05) is 37.3 Å². The summed E-state index contributed by atoms with van der Waals surface area (Å²) in [5.74, 6) is 0.905. The van der Waals surface area contributed by atoms with Crippen molar-refractivity contribution in [3.63, 3.8) is 0 Å². The lowest BCUT2D eigenvalue weighted by Crippen LogP contribution is -3.00. The van der Waals surface area contributed by atoms with E-state index in [2.05, 4.69) is 36.2 Å². The highest BCUT2D eigenvalue weighted by atomic mass is 35.5. The Hall–Kier alpha value is -2.65. The largest absolute Gasteiger partial charge is 1.00 e. The van der Waals surface area contributed by atoms with Crippen molar-refractivity contribution >= 4 is 27.7 Å². The molecule has 24 heavy (non-hydrogen) atoms. The van der Waals surface area contributed by atoms with Crippen molar-refractivity contribution in [1.29, 1.82) is 0 Å². The Morgan fingerprint density at radius 1 is 1.00 bits per heavy atom. The molecule has 4 aromatic rings. The number of para-hydroxylation sites is 2. The van der Waals surface area contributed by atoms with Gasteiger partial charge in [0.1, 0.15) is 11.1 Å². The van der Waals surface area contributed by atoms with Gasteiger partial charge in [0.05, 0.1) is 11.6 Å². The number of H-pyrrole nitrogens is 1. The fourth-order valence-corrected chi connectivity index (χ4v) is 2.83. The highest BCUT2D eigenvalue weighted by molar-refractivity contribution is 5.78. The molecule has 0 atom stereocenters. The maximum Gasteiger partial charge on any atom is 0.325 e. The van der Waals surface area contributed by atoms with Crippen molar-refractivity contribution in [1.82, 2.24) is 0 Å². The van der Waals surface area contributed by atoms with Crippen LogP contribution in [0.5, 0.6) is 0 Å². The SMILES string of the molecule is CCc1cc2ccccc2[nH+]c1N=c1ccoc2ccccc12.[Cl-]. The number of aryl methyl sites for hydroxylation is 1. The number of benzene rings is 2. The number of rotatable bonds is 2. The predicted octanol–water partition coefficient (Wildman–Crippen LogP) is 1.20. The summed E-state index contributed by atoms with van der Waals surface area (Å²) >= 11 is 0. The molecule has 2 aromatic carbocycles. The molecule has 0 saturated carbocycles. The molecular weight excluding hydrogens is 320 g/mol. The van der Waals surface area contributed by atoms with Crippen LogP contribution in [0, 0.1) is 0 Å². The molecule has 0 spiro atoms. The first kappa shape index (κ1) is 16.2. The molecular formula is C20H17ClN2O. The van der Waals surface area contributed by atoms with Crippen LogP contribution >= 0.6 is 0 Å². The van der Waals surface area contributed by atoms with Gasteiger partial charge in [0.2, 0.25) is 0 Å². The molecule has 4 rings (SSSR count). The summed E-state index contributed by atoms with van der Waals surface area (Å²) in [6.07, 6.45) is 2.61. The molecule has 0 amide bonds. The van der Waals surface area contributed by atoms with Gasteiger partial charge >= 0.3 is 5.82 Å². The predicted molar refractivity (Wildman–Crippen MR) is 91.3 cm³/mol. The zero-order valence-electron chi connectivity index (χ0n) is 13.3. The molecule has 2 aromatic heterocycles. The van der Waals surface area contributed by atoms with E-state index in [0.717, 1.165) is 34.1 Å². The Morgan fingerprint density at radius 2 is 1.79 bits per heavy atom. The zero-order chi connectivity index (χ0) is 15.6. The molecule has 0 aliphatic heterocycles. The minimum Gasteiger partial charge on any atom is -1.00 e. The molecule has 0 radical (unpaired) electrons. The van der Waals surface area contributed by atoms with Crippen LogP contribution in [0.4, 0.5) is 5.82 Å². The number of halogens is 1. The molecule has 0 saturated heterocycles. The number of aromatic amines is 1. The molecule has 1 N–H and O–H groups in total. The van der Waals surface area contributed by atoms with Crippen LogP contribution < -0.4 is 22.7 Å². The summed E-state index contributed by atoms with van der Waals surface area (Å²) in [6.45, 7) is 2.15. The minimum absolute atomic E-state index is 0. The second-order valence-electron chi connectivity index (χ2n) is 5.50. The third-order valence-electron chi connectivity index (χ3n) is 4.04. The number of hydrogen-bond acceptors (Lipinski definition) is 2. The number of fused-ring (bicyclic) bond motifs is 2. The summed E-state index contributed by atoms with van der Waals surface area (Å²) < 4.78 is 5.55. The third-order valence-corrected chi connectivity index (χ3v) is 4.04. The number of aromatic nitrogens is 1. The third kappa shape index (κ3) is 2.91. The monoisotopic (exact) mass is 336 g/mol. The topological polar surface area (TPSA) is 39.6 Å². The summed E-state index contributed by atoms with van der Waals surface area (Å²) in [7, 11) is 0. The number of nitrogens with one attached hydrogen (secondary N) is 1. The maximum atomic E-state index is 5.55. The van der Waals surface area contributed by atoms with Crippen molar-refractivity contribution in [2.45, 2.75) is 13.3 Å². The van der Waals surface area contributed by atoms with Gasteiger partial charge in [-0.05, 0) is 35.7 Å². The number of pyridine rings is 1. The fraction of sp³-hybridized carbons (Fsp3) is 0.100. The van der Waals surface area contributed by atoms with Crippen LogP contribution in [-0.4, -0.2) is 0 Å². The van der Waals surface area contributed by atoms with Crippen LogP contribution in [0.2, 0.25) is 0 Å². The highest BCUT2D eigenvalue weighted by Crippen LogP contribution is 2.19. The first-order chi connectivity index (χ1) is 11.3. The van der Waals surface area contributed by atoms with E-state index in [0.29, 0.717) is 0 Å². The van der Waals surface area contributed by atoms with Gasteiger partial charge in [0.25, 0.3) is 0 Å². The van der Waals surface area contributed by atoms with Crippen LogP contribution in [0.3, 0.4) is 0 Å². The van der Waals surface area contributed by atoms with Crippen LogP contribution in [0.25, 0.3) is 21.9 Å². The summed E-state index contributed by atoms with van der Waals surface area (Å²) in [6, 6.07) is 20.4. The first-order valence-corrected chi connectivity index (χ1v) is 7.80. The molecule has 2 heterocycles. The first-order valence-electron chi connectivity index (χ1n) is 7.80. The number of nitrogens with zero attached hydrogens (tertiary/aromatic N) is 1. The van der Waals surface area contributed by atoms with Gasteiger partial charge in [-0.25, -0.2) is 4.98 Å².